The quantitative estimate of drug-likeness (QED) is 0.685. The van der Waals surface area contributed by atoms with E-state index in [1.807, 2.05) is 0 Å². The van der Waals surface area contributed by atoms with E-state index in [1.54, 1.807) is 18.2 Å². The van der Waals surface area contributed by atoms with E-state index in [0.717, 1.165) is 24.2 Å². The van der Waals surface area contributed by atoms with Crippen LogP contribution in [0.2, 0.25) is 0 Å². The topological polar surface area (TPSA) is 71.8 Å². The molecule has 1 aromatic carbocycles. The summed E-state index contributed by atoms with van der Waals surface area (Å²) in [7, 11) is 0. The maximum Gasteiger partial charge on any atom is 0.258 e. The minimum atomic E-state index is -0.0887. The van der Waals surface area contributed by atoms with E-state index < -0.39 is 0 Å². The van der Waals surface area contributed by atoms with Crippen LogP contribution in [0.5, 0.6) is 0 Å². The average molecular weight is 201 g/mol. The van der Waals surface area contributed by atoms with Crippen molar-refractivity contribution >= 4 is 16.6 Å². The molecule has 4 nitrogen and oxygen atoms in total. The van der Waals surface area contributed by atoms with E-state index in [4.69, 9.17) is 5.73 Å². The molecule has 0 unspecified atom stereocenters. The summed E-state index contributed by atoms with van der Waals surface area (Å²) in [5.41, 5.74) is 6.86. The molecular formula is C11H11N3O. The van der Waals surface area contributed by atoms with Crippen LogP contribution in [0.3, 0.4) is 0 Å². The zero-order chi connectivity index (χ0) is 10.4. The number of rotatable bonds is 1. The van der Waals surface area contributed by atoms with Crippen molar-refractivity contribution in [2.75, 3.05) is 5.73 Å². The second-order valence-corrected chi connectivity index (χ2v) is 4.00. The molecule has 1 saturated carbocycles. The third-order valence-corrected chi connectivity index (χ3v) is 2.71. The molecule has 0 aliphatic heterocycles. The van der Waals surface area contributed by atoms with Crippen molar-refractivity contribution in [1.82, 2.24) is 9.97 Å². The van der Waals surface area contributed by atoms with Gasteiger partial charge in [-0.1, -0.05) is 0 Å². The smallest absolute Gasteiger partial charge is 0.258 e. The number of H-pyrrole nitrogens is 1. The first-order valence-corrected chi connectivity index (χ1v) is 5.03. The lowest BCUT2D eigenvalue weighted by Crippen LogP contribution is -2.11. The molecule has 76 valence electrons. The molecule has 1 heterocycles. The largest absolute Gasteiger partial charge is 0.399 e. The van der Waals surface area contributed by atoms with Gasteiger partial charge < -0.3 is 10.7 Å². The molecule has 0 spiro atoms. The van der Waals surface area contributed by atoms with Gasteiger partial charge in [0.2, 0.25) is 0 Å². The second-order valence-electron chi connectivity index (χ2n) is 4.00. The second kappa shape index (κ2) is 2.82. The summed E-state index contributed by atoms with van der Waals surface area (Å²) in [6.07, 6.45) is 2.26. The first-order chi connectivity index (χ1) is 7.24. The summed E-state index contributed by atoms with van der Waals surface area (Å²) >= 11 is 0. The van der Waals surface area contributed by atoms with E-state index in [1.165, 1.54) is 0 Å². The van der Waals surface area contributed by atoms with Crippen molar-refractivity contribution in [2.45, 2.75) is 18.8 Å². The first-order valence-electron chi connectivity index (χ1n) is 5.03. The Morgan fingerprint density at radius 1 is 1.40 bits per heavy atom. The number of nitrogen functional groups attached to an aromatic ring is 1. The first kappa shape index (κ1) is 8.47. The van der Waals surface area contributed by atoms with E-state index in [9.17, 15) is 4.79 Å². The number of aromatic nitrogens is 2. The van der Waals surface area contributed by atoms with Crippen LogP contribution in [0.1, 0.15) is 24.6 Å². The predicted octanol–water partition coefficient (Wildman–Crippen LogP) is 1.38. The summed E-state index contributed by atoms with van der Waals surface area (Å²) in [6.45, 7) is 0. The molecule has 15 heavy (non-hydrogen) atoms. The Morgan fingerprint density at radius 2 is 2.20 bits per heavy atom. The van der Waals surface area contributed by atoms with Gasteiger partial charge in [-0.15, -0.1) is 0 Å². The molecule has 1 aliphatic rings. The number of fused-ring (bicyclic) bond motifs is 1. The van der Waals surface area contributed by atoms with Crippen LogP contribution < -0.4 is 11.3 Å². The van der Waals surface area contributed by atoms with Gasteiger partial charge in [0.15, 0.2) is 0 Å². The normalized spacial score (nSPS) is 15.7. The fraction of sp³-hybridized carbons (Fsp3) is 0.273. The molecule has 0 radical (unpaired) electrons. The molecule has 0 amide bonds. The number of nitrogens with two attached hydrogens (primary N) is 1. The Bertz CT molecular complexity index is 584. The molecule has 0 saturated heterocycles. The Hall–Kier alpha value is -1.84. The van der Waals surface area contributed by atoms with Crippen LogP contribution in [0.25, 0.3) is 10.9 Å². The molecule has 3 rings (SSSR count). The van der Waals surface area contributed by atoms with E-state index in [-0.39, 0.29) is 5.56 Å². The van der Waals surface area contributed by atoms with Crippen LogP contribution >= 0.6 is 0 Å². The van der Waals surface area contributed by atoms with Crippen molar-refractivity contribution in [3.63, 3.8) is 0 Å². The van der Waals surface area contributed by atoms with E-state index in [0.29, 0.717) is 17.0 Å². The number of nitrogens with zero attached hydrogens (tertiary/aromatic N) is 1. The van der Waals surface area contributed by atoms with Gasteiger partial charge in [0.25, 0.3) is 5.56 Å². The van der Waals surface area contributed by atoms with Gasteiger partial charge in [-0.3, -0.25) is 4.79 Å². The molecule has 0 bridgehead atoms. The monoisotopic (exact) mass is 201 g/mol. The van der Waals surface area contributed by atoms with Crippen LogP contribution in [-0.4, -0.2) is 9.97 Å². The molecule has 1 aromatic heterocycles. The highest BCUT2D eigenvalue weighted by Gasteiger charge is 2.26. The molecular weight excluding hydrogens is 190 g/mol. The van der Waals surface area contributed by atoms with Crippen LogP contribution in [0, 0.1) is 0 Å². The SMILES string of the molecule is Nc1ccc2nc(C3CC3)[nH]c(=O)c2c1. The number of benzene rings is 1. The number of hydrogen-bond donors (Lipinski definition) is 2. The lowest BCUT2D eigenvalue weighted by molar-refractivity contribution is 0.931. The Labute approximate surface area is 86.1 Å². The standard InChI is InChI=1S/C11H11N3O/c12-7-3-4-9-8(5-7)11(15)14-10(13-9)6-1-2-6/h3-6H,1-2,12H2,(H,13,14,15). The highest BCUT2D eigenvalue weighted by Crippen LogP contribution is 2.37. The van der Waals surface area contributed by atoms with Crippen LogP contribution in [0.4, 0.5) is 5.69 Å². The highest BCUT2D eigenvalue weighted by molar-refractivity contribution is 5.80. The van der Waals surface area contributed by atoms with Crippen molar-refractivity contribution < 1.29 is 0 Å². The highest BCUT2D eigenvalue weighted by atomic mass is 16.1. The van der Waals surface area contributed by atoms with Crippen molar-refractivity contribution in [1.29, 1.82) is 0 Å². The van der Waals surface area contributed by atoms with E-state index in [2.05, 4.69) is 9.97 Å². The third-order valence-electron chi connectivity index (χ3n) is 2.71. The number of anilines is 1. The van der Waals surface area contributed by atoms with Gasteiger partial charge in [-0.05, 0) is 31.0 Å². The molecule has 0 atom stereocenters. The summed E-state index contributed by atoms with van der Waals surface area (Å²) in [4.78, 5) is 19.0. The third kappa shape index (κ3) is 1.38. The molecule has 3 N–H and O–H groups in total. The fourth-order valence-electron chi connectivity index (χ4n) is 1.72. The predicted molar refractivity (Wildman–Crippen MR) is 58.8 cm³/mol. The van der Waals surface area contributed by atoms with Gasteiger partial charge >= 0.3 is 0 Å². The Balaban J connectivity index is 2.31. The van der Waals surface area contributed by atoms with Crippen molar-refractivity contribution in [2.24, 2.45) is 0 Å². The summed E-state index contributed by atoms with van der Waals surface area (Å²) in [6, 6.07) is 5.23. The summed E-state index contributed by atoms with van der Waals surface area (Å²) in [5, 5.41) is 0.569. The zero-order valence-corrected chi connectivity index (χ0v) is 8.16. The van der Waals surface area contributed by atoms with Crippen LogP contribution in [-0.2, 0) is 0 Å². The maximum atomic E-state index is 11.7. The molecule has 4 heteroatoms. The molecule has 1 fully saturated rings. The Kier molecular flexibility index (Phi) is 1.59. The lowest BCUT2D eigenvalue weighted by atomic mass is 10.2. The van der Waals surface area contributed by atoms with E-state index >= 15 is 0 Å². The van der Waals surface area contributed by atoms with Crippen molar-refractivity contribution in [3.8, 4) is 0 Å². The van der Waals surface area contributed by atoms with Crippen molar-refractivity contribution in [3.05, 3.63) is 34.4 Å². The fourth-order valence-corrected chi connectivity index (χ4v) is 1.72. The summed E-state index contributed by atoms with van der Waals surface area (Å²) in [5.74, 6) is 1.27. The Morgan fingerprint density at radius 3 is 2.93 bits per heavy atom. The zero-order valence-electron chi connectivity index (χ0n) is 8.16. The minimum absolute atomic E-state index is 0.0887. The summed E-state index contributed by atoms with van der Waals surface area (Å²) < 4.78 is 0. The average Bonchev–Trinajstić information content (AvgIpc) is 3.02. The molecule has 2 aromatic rings. The number of aromatic amines is 1. The van der Waals surface area contributed by atoms with Gasteiger partial charge in [0.1, 0.15) is 5.82 Å². The van der Waals surface area contributed by atoms with Gasteiger partial charge in [-0.2, -0.15) is 0 Å². The van der Waals surface area contributed by atoms with Gasteiger partial charge in [0.05, 0.1) is 10.9 Å². The maximum absolute atomic E-state index is 11.7. The minimum Gasteiger partial charge on any atom is -0.399 e. The van der Waals surface area contributed by atoms with Gasteiger partial charge in [0, 0.05) is 11.6 Å². The molecule has 1 aliphatic carbocycles. The van der Waals surface area contributed by atoms with Crippen LogP contribution in [0.15, 0.2) is 23.0 Å². The lowest BCUT2D eigenvalue weighted by Gasteiger charge is -2.01. The number of hydrogen-bond acceptors (Lipinski definition) is 3. The number of nitrogens with one attached hydrogen (secondary N) is 1. The van der Waals surface area contributed by atoms with Gasteiger partial charge in [-0.25, -0.2) is 4.98 Å².